The molecule has 10 heteroatoms. The quantitative estimate of drug-likeness (QED) is 0.638. The number of hydrogen-bond acceptors (Lipinski definition) is 4. The number of alkyl halides is 3. The van der Waals surface area contributed by atoms with Gasteiger partial charge in [-0.15, -0.1) is 0 Å². The van der Waals surface area contributed by atoms with Crippen molar-refractivity contribution in [2.75, 3.05) is 14.1 Å². The molecule has 18 heavy (non-hydrogen) atoms. The van der Waals surface area contributed by atoms with Gasteiger partial charge in [0.2, 0.25) is 5.91 Å². The van der Waals surface area contributed by atoms with Gasteiger partial charge in [0, 0.05) is 14.1 Å². The van der Waals surface area contributed by atoms with Gasteiger partial charge in [-0.25, -0.2) is 4.79 Å². The van der Waals surface area contributed by atoms with E-state index in [0.717, 1.165) is 0 Å². The van der Waals surface area contributed by atoms with Crippen LogP contribution in [-0.4, -0.2) is 59.3 Å². The molecular formula is C8H13F3N2O5. The van der Waals surface area contributed by atoms with E-state index < -0.39 is 24.2 Å². The molecule has 0 heterocycles. The third-order valence-electron chi connectivity index (χ3n) is 1.45. The molecule has 0 aliphatic carbocycles. The second-order valence-corrected chi connectivity index (χ2v) is 3.24. The van der Waals surface area contributed by atoms with Crippen LogP contribution in [0.2, 0.25) is 0 Å². The first kappa shape index (κ1) is 18.5. The molecule has 0 aromatic heterocycles. The molecule has 0 aromatic rings. The normalized spacial score (nSPS) is 11.9. The number of hydrogen-bond donors (Lipinski definition) is 3. The summed E-state index contributed by atoms with van der Waals surface area (Å²) in [5.74, 6) is -4.19. The number of rotatable bonds is 3. The third-order valence-corrected chi connectivity index (χ3v) is 1.45. The number of nitrogens with zero attached hydrogens (tertiary/aromatic N) is 1. The van der Waals surface area contributed by atoms with Gasteiger partial charge in [-0.3, -0.25) is 9.59 Å². The number of nitrogens with two attached hydrogens (primary N) is 1. The van der Waals surface area contributed by atoms with Crippen LogP contribution in [0.3, 0.4) is 0 Å². The van der Waals surface area contributed by atoms with Gasteiger partial charge in [0.25, 0.3) is 0 Å². The first-order chi connectivity index (χ1) is 7.89. The lowest BCUT2D eigenvalue weighted by Crippen LogP contribution is -2.36. The maximum absolute atomic E-state index is 10.8. The van der Waals surface area contributed by atoms with Crippen molar-refractivity contribution in [3.05, 3.63) is 0 Å². The fraction of sp³-hybridized carbons (Fsp3) is 0.625. The van der Waals surface area contributed by atoms with E-state index >= 15 is 0 Å². The van der Waals surface area contributed by atoms with Gasteiger partial charge in [0.1, 0.15) is 6.04 Å². The molecule has 0 fully saturated rings. The van der Waals surface area contributed by atoms with E-state index in [9.17, 15) is 22.8 Å². The zero-order valence-corrected chi connectivity index (χ0v) is 9.56. The fourth-order valence-electron chi connectivity index (χ4n) is 0.458. The minimum atomic E-state index is -5.08. The number of carboxylic acid groups (broad SMARTS) is 2. The third kappa shape index (κ3) is 9.39. The molecule has 0 spiro atoms. The Bertz CT molecular complexity index is 316. The lowest BCUT2D eigenvalue weighted by molar-refractivity contribution is -0.192. The largest absolute Gasteiger partial charge is 0.490 e. The van der Waals surface area contributed by atoms with Crippen LogP contribution in [-0.2, 0) is 14.4 Å². The van der Waals surface area contributed by atoms with Crippen molar-refractivity contribution in [2.24, 2.45) is 5.73 Å². The van der Waals surface area contributed by atoms with Crippen molar-refractivity contribution in [1.29, 1.82) is 0 Å². The highest BCUT2D eigenvalue weighted by Gasteiger charge is 2.38. The van der Waals surface area contributed by atoms with Crippen LogP contribution in [0, 0.1) is 0 Å². The lowest BCUT2D eigenvalue weighted by Gasteiger charge is -2.11. The summed E-state index contributed by atoms with van der Waals surface area (Å²) in [5, 5.41) is 15.4. The van der Waals surface area contributed by atoms with Crippen LogP contribution >= 0.6 is 0 Å². The number of carboxylic acids is 2. The van der Waals surface area contributed by atoms with E-state index in [-0.39, 0.29) is 12.3 Å². The highest BCUT2D eigenvalue weighted by molar-refractivity contribution is 5.83. The molecule has 0 radical (unpaired) electrons. The maximum Gasteiger partial charge on any atom is 0.490 e. The summed E-state index contributed by atoms with van der Waals surface area (Å²) >= 11 is 0. The number of carbonyl (C=O) groups is 3. The number of halogens is 3. The minimum absolute atomic E-state index is 0.150. The molecular weight excluding hydrogens is 261 g/mol. The molecule has 106 valence electrons. The van der Waals surface area contributed by atoms with Gasteiger partial charge in [-0.05, 0) is 0 Å². The standard InChI is InChI=1S/C6H12N2O3.C2HF3O2/c1-8(2)5(9)3-4(7)6(10)11;3-2(4,5)1(6)7/h4H,3,7H2,1-2H3,(H,10,11);(H,6,7)/t4-;/m1./s1. The van der Waals surface area contributed by atoms with Crippen molar-refractivity contribution in [1.82, 2.24) is 4.90 Å². The Balaban J connectivity index is 0. The number of amides is 1. The molecule has 0 aromatic carbocycles. The molecule has 4 N–H and O–H groups in total. The molecule has 0 saturated heterocycles. The van der Waals surface area contributed by atoms with Crippen LogP contribution < -0.4 is 5.73 Å². The Morgan fingerprint density at radius 2 is 1.56 bits per heavy atom. The summed E-state index contributed by atoms with van der Waals surface area (Å²) in [6.07, 6.45) is -5.23. The van der Waals surface area contributed by atoms with Crippen molar-refractivity contribution in [3.63, 3.8) is 0 Å². The van der Waals surface area contributed by atoms with Crippen LogP contribution in [0.5, 0.6) is 0 Å². The molecule has 0 bridgehead atoms. The summed E-state index contributed by atoms with van der Waals surface area (Å²) in [7, 11) is 3.10. The molecule has 0 unspecified atom stereocenters. The average Bonchev–Trinajstić information content (AvgIpc) is 2.16. The zero-order chi connectivity index (χ0) is 15.1. The molecule has 1 atom stereocenters. The molecule has 0 rings (SSSR count). The van der Waals surface area contributed by atoms with Crippen LogP contribution in [0.1, 0.15) is 6.42 Å². The van der Waals surface area contributed by atoms with Gasteiger partial charge in [0.15, 0.2) is 0 Å². The average molecular weight is 274 g/mol. The number of carbonyl (C=O) groups excluding carboxylic acids is 1. The Hall–Kier alpha value is -1.84. The second-order valence-electron chi connectivity index (χ2n) is 3.24. The fourth-order valence-corrected chi connectivity index (χ4v) is 0.458. The molecule has 7 nitrogen and oxygen atoms in total. The molecule has 0 aliphatic rings. The van der Waals surface area contributed by atoms with Crippen molar-refractivity contribution in [2.45, 2.75) is 18.6 Å². The van der Waals surface area contributed by atoms with Gasteiger partial charge >= 0.3 is 18.1 Å². The van der Waals surface area contributed by atoms with E-state index in [0.29, 0.717) is 0 Å². The number of aliphatic carboxylic acids is 2. The zero-order valence-electron chi connectivity index (χ0n) is 9.56. The van der Waals surface area contributed by atoms with E-state index in [1.165, 1.54) is 4.90 Å². The van der Waals surface area contributed by atoms with Gasteiger partial charge in [-0.2, -0.15) is 13.2 Å². The Labute approximate surface area is 100.0 Å². The Kier molecular flexibility index (Phi) is 7.70. The van der Waals surface area contributed by atoms with Crippen molar-refractivity contribution in [3.8, 4) is 0 Å². The first-order valence-electron chi connectivity index (χ1n) is 4.38. The van der Waals surface area contributed by atoms with Crippen molar-refractivity contribution < 1.29 is 37.8 Å². The van der Waals surface area contributed by atoms with Gasteiger partial charge < -0.3 is 20.8 Å². The molecule has 1 amide bonds. The van der Waals surface area contributed by atoms with Crippen LogP contribution in [0.15, 0.2) is 0 Å². The minimum Gasteiger partial charge on any atom is -0.480 e. The predicted octanol–water partition coefficient (Wildman–Crippen LogP) is -0.490. The van der Waals surface area contributed by atoms with Gasteiger partial charge in [0.05, 0.1) is 6.42 Å². The van der Waals surface area contributed by atoms with Gasteiger partial charge in [-0.1, -0.05) is 0 Å². The van der Waals surface area contributed by atoms with Crippen molar-refractivity contribution >= 4 is 17.8 Å². The topological polar surface area (TPSA) is 121 Å². The summed E-state index contributed by atoms with van der Waals surface area (Å²) in [6.45, 7) is 0. The van der Waals surface area contributed by atoms with E-state index in [1.807, 2.05) is 0 Å². The highest BCUT2D eigenvalue weighted by atomic mass is 19.4. The lowest BCUT2D eigenvalue weighted by atomic mass is 10.2. The monoisotopic (exact) mass is 274 g/mol. The predicted molar refractivity (Wildman–Crippen MR) is 52.6 cm³/mol. The summed E-state index contributed by atoms with van der Waals surface area (Å²) in [5.41, 5.74) is 5.11. The molecule has 0 saturated carbocycles. The SMILES string of the molecule is CN(C)C(=O)C[C@@H](N)C(=O)O.O=C(O)C(F)(F)F. The van der Waals surface area contributed by atoms with Crippen LogP contribution in [0.25, 0.3) is 0 Å². The first-order valence-corrected chi connectivity index (χ1v) is 4.38. The summed E-state index contributed by atoms with van der Waals surface area (Å²) in [6, 6.07) is -1.09. The summed E-state index contributed by atoms with van der Waals surface area (Å²) in [4.78, 5) is 31.2. The Morgan fingerprint density at radius 1 is 1.22 bits per heavy atom. The second kappa shape index (κ2) is 7.48. The summed E-state index contributed by atoms with van der Waals surface area (Å²) < 4.78 is 31.7. The van der Waals surface area contributed by atoms with E-state index in [1.54, 1.807) is 14.1 Å². The maximum atomic E-state index is 10.8. The molecule has 0 aliphatic heterocycles. The van der Waals surface area contributed by atoms with Crippen LogP contribution in [0.4, 0.5) is 13.2 Å². The van der Waals surface area contributed by atoms with E-state index in [4.69, 9.17) is 20.7 Å². The highest BCUT2D eigenvalue weighted by Crippen LogP contribution is 2.13. The smallest absolute Gasteiger partial charge is 0.480 e. The Morgan fingerprint density at radius 3 is 1.72 bits per heavy atom. The van der Waals surface area contributed by atoms with E-state index in [2.05, 4.69) is 0 Å².